The summed E-state index contributed by atoms with van der Waals surface area (Å²) >= 11 is 3.50. The van der Waals surface area contributed by atoms with E-state index in [4.69, 9.17) is 0 Å². The zero-order chi connectivity index (χ0) is 19.7. The fraction of sp³-hybridized carbons (Fsp3) is 0.300. The number of urea groups is 1. The second-order valence-electron chi connectivity index (χ2n) is 7.08. The maximum absolute atomic E-state index is 12.8. The minimum atomic E-state index is -0.152. The molecule has 28 heavy (non-hydrogen) atoms. The number of rotatable bonds is 3. The van der Waals surface area contributed by atoms with Gasteiger partial charge in [0.2, 0.25) is 0 Å². The number of pyridine rings is 1. The van der Waals surface area contributed by atoms with Crippen molar-refractivity contribution in [3.8, 4) is 11.5 Å². The molecule has 7 nitrogen and oxygen atoms in total. The Morgan fingerprint density at radius 1 is 1.21 bits per heavy atom. The fourth-order valence-corrected chi connectivity index (χ4v) is 3.73. The number of aromatic nitrogens is 4. The van der Waals surface area contributed by atoms with Crippen LogP contribution in [0.25, 0.3) is 11.5 Å². The highest BCUT2D eigenvalue weighted by molar-refractivity contribution is 9.10. The largest absolute Gasteiger partial charge is 0.323 e. The van der Waals surface area contributed by atoms with Gasteiger partial charge < -0.3 is 9.47 Å². The number of anilines is 1. The molecule has 0 atom stereocenters. The van der Waals surface area contributed by atoms with Gasteiger partial charge in [0.15, 0.2) is 5.82 Å². The Bertz CT molecular complexity index is 1020. The molecule has 1 aliphatic heterocycles. The third-order valence-corrected chi connectivity index (χ3v) is 5.30. The van der Waals surface area contributed by atoms with Crippen LogP contribution in [0.1, 0.15) is 31.0 Å². The van der Waals surface area contributed by atoms with Crippen LogP contribution in [0.4, 0.5) is 10.6 Å². The van der Waals surface area contributed by atoms with Crippen molar-refractivity contribution in [1.82, 2.24) is 24.6 Å². The van der Waals surface area contributed by atoms with Crippen molar-refractivity contribution < 1.29 is 4.79 Å². The minimum absolute atomic E-state index is 0.152. The van der Waals surface area contributed by atoms with Gasteiger partial charge >= 0.3 is 6.03 Å². The summed E-state index contributed by atoms with van der Waals surface area (Å²) in [5.74, 6) is 1.18. The van der Waals surface area contributed by atoms with E-state index in [0.29, 0.717) is 30.4 Å². The van der Waals surface area contributed by atoms with Crippen LogP contribution in [0.5, 0.6) is 0 Å². The summed E-state index contributed by atoms with van der Waals surface area (Å²) in [7, 11) is 0. The maximum Gasteiger partial charge on any atom is 0.323 e. The molecule has 144 valence electrons. The minimum Gasteiger partial charge on any atom is -0.320 e. The summed E-state index contributed by atoms with van der Waals surface area (Å²) < 4.78 is 2.98. The van der Waals surface area contributed by atoms with Crippen LogP contribution in [-0.4, -0.2) is 37.2 Å². The van der Waals surface area contributed by atoms with E-state index in [-0.39, 0.29) is 12.1 Å². The summed E-state index contributed by atoms with van der Waals surface area (Å²) in [5.41, 5.74) is 3.14. The van der Waals surface area contributed by atoms with Gasteiger partial charge in [0.05, 0.1) is 0 Å². The molecule has 3 aromatic rings. The lowest BCUT2D eigenvalue weighted by Crippen LogP contribution is -2.39. The normalized spacial score (nSPS) is 13.5. The Labute approximate surface area is 171 Å². The van der Waals surface area contributed by atoms with Gasteiger partial charge in [-0.05, 0) is 55.7 Å². The van der Waals surface area contributed by atoms with Crippen LogP contribution < -0.4 is 5.32 Å². The molecule has 0 unspecified atom stereocenters. The number of carbonyl (C=O) groups is 1. The molecule has 0 spiro atoms. The first kappa shape index (κ1) is 18.6. The second-order valence-corrected chi connectivity index (χ2v) is 7.99. The average molecular weight is 441 g/mol. The van der Waals surface area contributed by atoms with Gasteiger partial charge in [-0.25, -0.2) is 9.78 Å². The predicted octanol–water partition coefficient (Wildman–Crippen LogP) is 4.27. The van der Waals surface area contributed by atoms with E-state index in [1.54, 1.807) is 17.3 Å². The van der Waals surface area contributed by atoms with Gasteiger partial charge in [0.25, 0.3) is 0 Å². The van der Waals surface area contributed by atoms with Gasteiger partial charge in [0, 0.05) is 23.6 Å². The summed E-state index contributed by atoms with van der Waals surface area (Å²) in [6.07, 6.45) is 2.54. The van der Waals surface area contributed by atoms with Crippen LogP contribution in [0, 0.1) is 0 Å². The number of fused-ring (bicyclic) bond motifs is 1. The van der Waals surface area contributed by atoms with Gasteiger partial charge in [-0.1, -0.05) is 28.1 Å². The lowest BCUT2D eigenvalue weighted by molar-refractivity contribution is 0.206. The lowest BCUT2D eigenvalue weighted by Gasteiger charge is -2.29. The Kier molecular flexibility index (Phi) is 5.13. The van der Waals surface area contributed by atoms with Crippen LogP contribution in [0.15, 0.2) is 47.2 Å². The Morgan fingerprint density at radius 2 is 2.07 bits per heavy atom. The molecular weight excluding hydrogens is 420 g/mol. The van der Waals surface area contributed by atoms with Gasteiger partial charge in [-0.2, -0.15) is 0 Å². The van der Waals surface area contributed by atoms with E-state index in [9.17, 15) is 4.79 Å². The highest BCUT2D eigenvalue weighted by Crippen LogP contribution is 2.24. The molecule has 0 saturated carbocycles. The molecule has 0 bridgehead atoms. The number of halogens is 1. The standard InChI is InChI=1S/C20H21BrN6O/c1-13(2)27-12-22-25-19(27)17-4-3-5-18(23-17)24-20(28)26-9-8-14-6-7-16(21)10-15(14)11-26/h3-7,10,12-13H,8-9,11H2,1-2H3,(H,23,24,28). The maximum atomic E-state index is 12.8. The molecule has 2 aromatic heterocycles. The Balaban J connectivity index is 1.50. The first-order valence-electron chi connectivity index (χ1n) is 9.21. The number of amides is 2. The molecule has 3 heterocycles. The van der Waals surface area contributed by atoms with Crippen molar-refractivity contribution in [1.29, 1.82) is 0 Å². The fourth-order valence-electron chi connectivity index (χ4n) is 3.32. The molecule has 1 aliphatic rings. The predicted molar refractivity (Wildman–Crippen MR) is 111 cm³/mol. The molecule has 2 amide bonds. The van der Waals surface area contributed by atoms with E-state index in [0.717, 1.165) is 10.9 Å². The molecule has 0 fully saturated rings. The third kappa shape index (κ3) is 3.77. The monoisotopic (exact) mass is 440 g/mol. The SMILES string of the molecule is CC(C)n1cnnc1-c1cccc(NC(=O)N2CCc3ccc(Br)cc3C2)n1. The molecule has 0 saturated heterocycles. The van der Waals surface area contributed by atoms with Crippen molar-refractivity contribution in [2.45, 2.75) is 32.9 Å². The van der Waals surface area contributed by atoms with Crippen molar-refractivity contribution >= 4 is 27.8 Å². The summed E-state index contributed by atoms with van der Waals surface area (Å²) in [6, 6.07) is 11.8. The van der Waals surface area contributed by atoms with Gasteiger partial charge in [0.1, 0.15) is 17.8 Å². The molecule has 1 aromatic carbocycles. The van der Waals surface area contributed by atoms with Crippen molar-refractivity contribution in [3.05, 3.63) is 58.3 Å². The number of nitrogens with one attached hydrogen (secondary N) is 1. The average Bonchev–Trinajstić information content (AvgIpc) is 3.18. The van der Waals surface area contributed by atoms with Crippen LogP contribution in [0.3, 0.4) is 0 Å². The highest BCUT2D eigenvalue weighted by atomic mass is 79.9. The van der Waals surface area contributed by atoms with Crippen molar-refractivity contribution in [2.75, 3.05) is 11.9 Å². The van der Waals surface area contributed by atoms with E-state index in [1.807, 2.05) is 22.8 Å². The van der Waals surface area contributed by atoms with E-state index >= 15 is 0 Å². The highest BCUT2D eigenvalue weighted by Gasteiger charge is 2.21. The zero-order valence-corrected chi connectivity index (χ0v) is 17.3. The van der Waals surface area contributed by atoms with Crippen LogP contribution in [-0.2, 0) is 13.0 Å². The van der Waals surface area contributed by atoms with Crippen LogP contribution in [0.2, 0.25) is 0 Å². The summed E-state index contributed by atoms with van der Waals surface area (Å²) in [5, 5.41) is 11.1. The quantitative estimate of drug-likeness (QED) is 0.659. The molecule has 8 heteroatoms. The van der Waals surface area contributed by atoms with E-state index in [2.05, 4.69) is 62.4 Å². The van der Waals surface area contributed by atoms with Gasteiger partial charge in [-0.3, -0.25) is 5.32 Å². The van der Waals surface area contributed by atoms with Crippen molar-refractivity contribution in [3.63, 3.8) is 0 Å². The van der Waals surface area contributed by atoms with Gasteiger partial charge in [-0.15, -0.1) is 10.2 Å². The molecule has 0 aliphatic carbocycles. The first-order chi connectivity index (χ1) is 13.5. The topological polar surface area (TPSA) is 75.9 Å². The van der Waals surface area contributed by atoms with Crippen LogP contribution >= 0.6 is 15.9 Å². The Hall–Kier alpha value is -2.74. The smallest absolute Gasteiger partial charge is 0.320 e. The van der Waals surface area contributed by atoms with E-state index < -0.39 is 0 Å². The zero-order valence-electron chi connectivity index (χ0n) is 15.8. The number of hydrogen-bond acceptors (Lipinski definition) is 4. The van der Waals surface area contributed by atoms with E-state index in [1.165, 1.54) is 11.1 Å². The lowest BCUT2D eigenvalue weighted by atomic mass is 10.0. The number of carbonyl (C=O) groups excluding carboxylic acids is 1. The summed E-state index contributed by atoms with van der Waals surface area (Å²) in [6.45, 7) is 5.39. The Morgan fingerprint density at radius 3 is 2.89 bits per heavy atom. The van der Waals surface area contributed by atoms with Crippen molar-refractivity contribution in [2.24, 2.45) is 0 Å². The summed E-state index contributed by atoms with van der Waals surface area (Å²) in [4.78, 5) is 19.1. The number of hydrogen-bond donors (Lipinski definition) is 1. The third-order valence-electron chi connectivity index (χ3n) is 4.81. The molecule has 4 rings (SSSR count). The first-order valence-corrected chi connectivity index (χ1v) is 10.0. The second kappa shape index (κ2) is 7.71. The molecule has 0 radical (unpaired) electrons. The number of benzene rings is 1. The number of nitrogens with zero attached hydrogens (tertiary/aromatic N) is 5. The molecule has 1 N–H and O–H groups in total. The molecular formula is C20H21BrN6O.